The first-order valence-corrected chi connectivity index (χ1v) is 5.61. The van der Waals surface area contributed by atoms with Crippen molar-refractivity contribution in [3.63, 3.8) is 0 Å². The number of aliphatic hydroxyl groups is 2. The largest absolute Gasteiger partial charge is 0.395 e. The van der Waals surface area contributed by atoms with Crippen LogP contribution in [0.25, 0.3) is 0 Å². The molecule has 0 aromatic heterocycles. The van der Waals surface area contributed by atoms with Crippen LogP contribution in [-0.4, -0.2) is 85.7 Å². The third-order valence-corrected chi connectivity index (χ3v) is 2.67. The predicted molar refractivity (Wildman–Crippen MR) is 57.9 cm³/mol. The van der Waals surface area contributed by atoms with Crippen molar-refractivity contribution in [1.29, 1.82) is 0 Å². The lowest BCUT2D eigenvalue weighted by molar-refractivity contribution is 0.0546. The molecule has 15 heavy (non-hydrogen) atoms. The highest BCUT2D eigenvalue weighted by Crippen LogP contribution is 2.00. The van der Waals surface area contributed by atoms with E-state index in [0.29, 0.717) is 13.2 Å². The van der Waals surface area contributed by atoms with E-state index >= 15 is 0 Å². The number of nitrogens with zero attached hydrogens (tertiary/aromatic N) is 2. The highest BCUT2D eigenvalue weighted by molar-refractivity contribution is 4.71. The number of aliphatic hydroxyl groups excluding tert-OH is 2. The van der Waals surface area contributed by atoms with Crippen LogP contribution in [0, 0.1) is 0 Å². The van der Waals surface area contributed by atoms with Crippen LogP contribution in [0.5, 0.6) is 0 Å². The normalized spacial score (nSPS) is 19.6. The molecule has 0 spiro atoms. The lowest BCUT2D eigenvalue weighted by Gasteiger charge is -2.34. The lowest BCUT2D eigenvalue weighted by atomic mass is 10.3. The maximum Gasteiger partial charge on any atom is 0.0698 e. The van der Waals surface area contributed by atoms with Gasteiger partial charge in [0, 0.05) is 39.3 Å². The molecular weight excluding hydrogens is 196 g/mol. The first kappa shape index (κ1) is 12.9. The van der Waals surface area contributed by atoms with E-state index in [9.17, 15) is 0 Å². The molecule has 0 bridgehead atoms. The lowest BCUT2D eigenvalue weighted by Crippen LogP contribution is -2.47. The maximum absolute atomic E-state index is 8.79. The van der Waals surface area contributed by atoms with E-state index in [4.69, 9.17) is 14.9 Å². The number of hydrogen-bond acceptors (Lipinski definition) is 5. The van der Waals surface area contributed by atoms with Gasteiger partial charge >= 0.3 is 0 Å². The molecule has 1 saturated heterocycles. The predicted octanol–water partition coefficient (Wildman–Crippen LogP) is -1.39. The Bertz CT molecular complexity index is 147. The Morgan fingerprint density at radius 2 is 1.40 bits per heavy atom. The van der Waals surface area contributed by atoms with Gasteiger partial charge in [0.15, 0.2) is 0 Å². The van der Waals surface area contributed by atoms with Crippen molar-refractivity contribution in [2.45, 2.75) is 0 Å². The number of rotatable bonds is 7. The first-order valence-electron chi connectivity index (χ1n) is 5.61. The summed E-state index contributed by atoms with van der Waals surface area (Å²) in [5, 5.41) is 17.3. The van der Waals surface area contributed by atoms with Crippen LogP contribution in [0.1, 0.15) is 0 Å². The zero-order valence-electron chi connectivity index (χ0n) is 9.27. The van der Waals surface area contributed by atoms with Gasteiger partial charge in [0.2, 0.25) is 0 Å². The van der Waals surface area contributed by atoms with Crippen molar-refractivity contribution in [1.82, 2.24) is 9.80 Å². The van der Waals surface area contributed by atoms with Crippen LogP contribution in [0.4, 0.5) is 0 Å². The Balaban J connectivity index is 1.99. The van der Waals surface area contributed by atoms with Gasteiger partial charge in [-0.15, -0.1) is 0 Å². The quantitative estimate of drug-likeness (QED) is 0.515. The number of piperazine rings is 1. The van der Waals surface area contributed by atoms with Gasteiger partial charge in [-0.25, -0.2) is 0 Å². The van der Waals surface area contributed by atoms with Crippen molar-refractivity contribution in [3.8, 4) is 0 Å². The highest BCUT2D eigenvalue weighted by atomic mass is 16.5. The summed E-state index contributed by atoms with van der Waals surface area (Å²) in [4.78, 5) is 4.62. The average molecular weight is 218 g/mol. The standard InChI is InChI=1S/C10H22N2O3/c13-7-5-11-1-3-12(4-2-11)6-9-15-10-8-14/h13-14H,1-10H2. The third kappa shape index (κ3) is 5.44. The van der Waals surface area contributed by atoms with Crippen molar-refractivity contribution in [3.05, 3.63) is 0 Å². The molecule has 1 rings (SSSR count). The van der Waals surface area contributed by atoms with E-state index < -0.39 is 0 Å². The Hall–Kier alpha value is -0.200. The van der Waals surface area contributed by atoms with E-state index in [0.717, 1.165) is 39.3 Å². The Morgan fingerprint density at radius 3 is 1.93 bits per heavy atom. The Kier molecular flexibility index (Phi) is 6.87. The fourth-order valence-corrected chi connectivity index (χ4v) is 1.74. The molecular formula is C10H22N2O3. The third-order valence-electron chi connectivity index (χ3n) is 2.67. The summed E-state index contributed by atoms with van der Waals surface area (Å²) in [5.74, 6) is 0. The molecule has 1 fully saturated rings. The minimum atomic E-state index is 0.101. The Morgan fingerprint density at radius 1 is 0.800 bits per heavy atom. The summed E-state index contributed by atoms with van der Waals surface area (Å²) in [6.07, 6.45) is 0. The van der Waals surface area contributed by atoms with Gasteiger partial charge in [0.1, 0.15) is 0 Å². The summed E-state index contributed by atoms with van der Waals surface area (Å²) in [5.41, 5.74) is 0. The maximum atomic E-state index is 8.79. The van der Waals surface area contributed by atoms with E-state index in [-0.39, 0.29) is 13.2 Å². The number of β-amino-alcohol motifs (C(OH)–C–C–N with tert-alkyl or cyclic N) is 1. The molecule has 0 aliphatic carbocycles. The van der Waals surface area contributed by atoms with Crippen LogP contribution >= 0.6 is 0 Å². The number of ether oxygens (including phenoxy) is 1. The molecule has 5 nitrogen and oxygen atoms in total. The summed E-state index contributed by atoms with van der Waals surface area (Å²) < 4.78 is 5.21. The molecule has 0 aromatic carbocycles. The molecule has 1 heterocycles. The zero-order valence-corrected chi connectivity index (χ0v) is 9.27. The van der Waals surface area contributed by atoms with Crippen LogP contribution in [0.3, 0.4) is 0 Å². The molecule has 0 amide bonds. The van der Waals surface area contributed by atoms with Crippen molar-refractivity contribution in [2.75, 3.05) is 65.7 Å². The van der Waals surface area contributed by atoms with Gasteiger partial charge in [-0.2, -0.15) is 0 Å². The fraction of sp³-hybridized carbons (Fsp3) is 1.00. The molecule has 2 N–H and O–H groups in total. The topological polar surface area (TPSA) is 56.2 Å². The Labute approximate surface area is 91.2 Å². The summed E-state index contributed by atoms with van der Waals surface area (Å²) >= 11 is 0. The van der Waals surface area contributed by atoms with Gasteiger partial charge in [-0.3, -0.25) is 9.80 Å². The van der Waals surface area contributed by atoms with Crippen LogP contribution in [0.15, 0.2) is 0 Å². The number of hydrogen-bond donors (Lipinski definition) is 2. The molecule has 0 saturated carbocycles. The highest BCUT2D eigenvalue weighted by Gasteiger charge is 2.15. The summed E-state index contributed by atoms with van der Waals surface area (Å²) in [6, 6.07) is 0. The second-order valence-electron chi connectivity index (χ2n) is 3.74. The van der Waals surface area contributed by atoms with Crippen molar-refractivity contribution < 1.29 is 14.9 Å². The van der Waals surface area contributed by atoms with Crippen molar-refractivity contribution >= 4 is 0 Å². The molecule has 1 aliphatic rings. The second-order valence-corrected chi connectivity index (χ2v) is 3.74. The van der Waals surface area contributed by atoms with Gasteiger partial charge < -0.3 is 14.9 Å². The molecule has 0 atom stereocenters. The summed E-state index contributed by atoms with van der Waals surface area (Å²) in [7, 11) is 0. The smallest absolute Gasteiger partial charge is 0.0698 e. The summed E-state index contributed by atoms with van der Waals surface area (Å²) in [6.45, 7) is 7.35. The molecule has 1 aliphatic heterocycles. The van der Waals surface area contributed by atoms with Crippen LogP contribution in [-0.2, 0) is 4.74 Å². The average Bonchev–Trinajstić information content (AvgIpc) is 2.27. The molecule has 0 radical (unpaired) electrons. The van der Waals surface area contributed by atoms with Crippen LogP contribution in [0.2, 0.25) is 0 Å². The molecule has 5 heteroatoms. The molecule has 90 valence electrons. The van der Waals surface area contributed by atoms with E-state index in [1.807, 2.05) is 0 Å². The van der Waals surface area contributed by atoms with Crippen molar-refractivity contribution in [2.24, 2.45) is 0 Å². The van der Waals surface area contributed by atoms with Crippen LogP contribution < -0.4 is 0 Å². The monoisotopic (exact) mass is 218 g/mol. The fourth-order valence-electron chi connectivity index (χ4n) is 1.74. The van der Waals surface area contributed by atoms with E-state index in [1.54, 1.807) is 0 Å². The second kappa shape index (κ2) is 8.01. The zero-order chi connectivity index (χ0) is 10.9. The minimum absolute atomic E-state index is 0.101. The van der Waals surface area contributed by atoms with Gasteiger partial charge in [0.25, 0.3) is 0 Å². The van der Waals surface area contributed by atoms with Gasteiger partial charge in [-0.1, -0.05) is 0 Å². The van der Waals surface area contributed by atoms with Gasteiger partial charge in [-0.05, 0) is 0 Å². The molecule has 0 aromatic rings. The van der Waals surface area contributed by atoms with Gasteiger partial charge in [0.05, 0.1) is 26.4 Å². The minimum Gasteiger partial charge on any atom is -0.395 e. The molecule has 0 unspecified atom stereocenters. The van der Waals surface area contributed by atoms with E-state index in [2.05, 4.69) is 9.80 Å². The SMILES string of the molecule is OCCOCCN1CCN(CCO)CC1. The van der Waals surface area contributed by atoms with E-state index in [1.165, 1.54) is 0 Å². The first-order chi connectivity index (χ1) is 7.36.